The average molecular weight is 215 g/mol. The highest BCUT2D eigenvalue weighted by Gasteiger charge is 2.15. The predicted molar refractivity (Wildman–Crippen MR) is 63.6 cm³/mol. The van der Waals surface area contributed by atoms with E-state index in [0.717, 1.165) is 19.5 Å². The Kier molecular flexibility index (Phi) is 2.13. The van der Waals surface area contributed by atoms with Crippen LogP contribution >= 0.6 is 0 Å². The van der Waals surface area contributed by atoms with Gasteiger partial charge < -0.3 is 4.57 Å². The normalized spacial score (nSPS) is 14.7. The summed E-state index contributed by atoms with van der Waals surface area (Å²) >= 11 is 0. The molecule has 0 aliphatic carbocycles. The molecule has 1 aliphatic heterocycles. The van der Waals surface area contributed by atoms with Crippen molar-refractivity contribution in [2.24, 2.45) is 0 Å². The van der Waals surface area contributed by atoms with Crippen molar-refractivity contribution in [2.75, 3.05) is 0 Å². The number of aryl methyl sites for hydroxylation is 2. The Labute approximate surface area is 95.7 Å². The average Bonchev–Trinajstić information content (AvgIpc) is 2.82. The molecule has 1 aliphatic rings. The molecule has 0 N–H and O–H groups in total. The Balaban J connectivity index is 2.00. The Hall–Kier alpha value is -1.51. The van der Waals surface area contributed by atoms with E-state index in [1.165, 1.54) is 17.1 Å². The first-order valence-corrected chi connectivity index (χ1v) is 5.94. The topological polar surface area (TPSA) is 22.8 Å². The summed E-state index contributed by atoms with van der Waals surface area (Å²) in [5, 5.41) is 4.69. The molecule has 0 saturated heterocycles. The second kappa shape index (κ2) is 3.51. The van der Waals surface area contributed by atoms with Gasteiger partial charge in [0.15, 0.2) is 0 Å². The van der Waals surface area contributed by atoms with E-state index in [-0.39, 0.29) is 0 Å². The Bertz CT molecular complexity index is 505. The standard InChI is InChI=1S/C13H17N3/c1-10(2)13-8-11-5-7-15-6-3-4-12(15)9-16(11)14-13/h3-4,6,8,10H,5,7,9H2,1-2H3. The van der Waals surface area contributed by atoms with E-state index in [9.17, 15) is 0 Å². The van der Waals surface area contributed by atoms with Crippen LogP contribution in [0.25, 0.3) is 0 Å². The van der Waals surface area contributed by atoms with Crippen LogP contribution in [0.2, 0.25) is 0 Å². The zero-order chi connectivity index (χ0) is 11.1. The molecule has 0 bridgehead atoms. The SMILES string of the molecule is CC(C)c1cc2n(n1)Cc1cccn1CC2. The van der Waals surface area contributed by atoms with Gasteiger partial charge >= 0.3 is 0 Å². The van der Waals surface area contributed by atoms with Crippen molar-refractivity contribution in [1.82, 2.24) is 14.3 Å². The van der Waals surface area contributed by atoms with Gasteiger partial charge in [0.25, 0.3) is 0 Å². The quantitative estimate of drug-likeness (QED) is 0.716. The summed E-state index contributed by atoms with van der Waals surface area (Å²) in [4.78, 5) is 0. The van der Waals surface area contributed by atoms with E-state index < -0.39 is 0 Å². The lowest BCUT2D eigenvalue weighted by Gasteiger charge is -2.04. The summed E-state index contributed by atoms with van der Waals surface area (Å²) in [7, 11) is 0. The summed E-state index contributed by atoms with van der Waals surface area (Å²) in [6, 6.07) is 6.57. The molecular weight excluding hydrogens is 198 g/mol. The zero-order valence-electron chi connectivity index (χ0n) is 9.85. The fourth-order valence-electron chi connectivity index (χ4n) is 2.30. The van der Waals surface area contributed by atoms with Crippen LogP contribution in [0.4, 0.5) is 0 Å². The highest BCUT2D eigenvalue weighted by atomic mass is 15.3. The first-order chi connectivity index (χ1) is 7.74. The third-order valence-electron chi connectivity index (χ3n) is 3.32. The van der Waals surface area contributed by atoms with Crippen molar-refractivity contribution < 1.29 is 0 Å². The van der Waals surface area contributed by atoms with Gasteiger partial charge in [0, 0.05) is 30.6 Å². The van der Waals surface area contributed by atoms with Crippen LogP contribution in [0.3, 0.4) is 0 Å². The fourth-order valence-corrected chi connectivity index (χ4v) is 2.30. The van der Waals surface area contributed by atoms with Crippen molar-refractivity contribution in [2.45, 2.75) is 39.3 Å². The molecule has 0 amide bonds. The minimum atomic E-state index is 0.520. The van der Waals surface area contributed by atoms with E-state index in [1.54, 1.807) is 0 Å². The van der Waals surface area contributed by atoms with Gasteiger partial charge in [-0.3, -0.25) is 4.68 Å². The molecule has 3 nitrogen and oxygen atoms in total. The number of nitrogens with zero attached hydrogens (tertiary/aromatic N) is 3. The molecule has 3 heterocycles. The van der Waals surface area contributed by atoms with E-state index in [0.29, 0.717) is 5.92 Å². The van der Waals surface area contributed by atoms with E-state index >= 15 is 0 Å². The van der Waals surface area contributed by atoms with Gasteiger partial charge in [-0.2, -0.15) is 5.10 Å². The summed E-state index contributed by atoms with van der Waals surface area (Å²) < 4.78 is 4.48. The molecule has 0 unspecified atom stereocenters. The van der Waals surface area contributed by atoms with Crippen molar-refractivity contribution in [3.05, 3.63) is 41.5 Å². The van der Waals surface area contributed by atoms with Crippen molar-refractivity contribution in [1.29, 1.82) is 0 Å². The van der Waals surface area contributed by atoms with E-state index in [2.05, 4.69) is 47.5 Å². The van der Waals surface area contributed by atoms with Crippen molar-refractivity contribution in [3.8, 4) is 0 Å². The Morgan fingerprint density at radius 2 is 2.19 bits per heavy atom. The molecule has 0 spiro atoms. The minimum Gasteiger partial charge on any atom is -0.349 e. The van der Waals surface area contributed by atoms with Gasteiger partial charge in [0.1, 0.15) is 0 Å². The summed E-state index contributed by atoms with van der Waals surface area (Å²) in [6.07, 6.45) is 3.24. The van der Waals surface area contributed by atoms with Crippen molar-refractivity contribution in [3.63, 3.8) is 0 Å². The van der Waals surface area contributed by atoms with E-state index in [1.807, 2.05) is 0 Å². The van der Waals surface area contributed by atoms with Gasteiger partial charge in [-0.25, -0.2) is 0 Å². The maximum atomic E-state index is 4.69. The van der Waals surface area contributed by atoms with Gasteiger partial charge in [-0.15, -0.1) is 0 Å². The molecular formula is C13H17N3. The first-order valence-electron chi connectivity index (χ1n) is 5.94. The molecule has 2 aromatic heterocycles. The van der Waals surface area contributed by atoms with Gasteiger partial charge in [0.05, 0.1) is 12.2 Å². The number of hydrogen-bond acceptors (Lipinski definition) is 1. The molecule has 84 valence electrons. The molecule has 0 radical (unpaired) electrons. The minimum absolute atomic E-state index is 0.520. The maximum Gasteiger partial charge on any atom is 0.0814 e. The van der Waals surface area contributed by atoms with Gasteiger partial charge in [-0.05, 0) is 24.1 Å². The molecule has 0 saturated carbocycles. The highest BCUT2D eigenvalue weighted by Crippen LogP contribution is 2.19. The molecule has 0 atom stereocenters. The lowest BCUT2D eigenvalue weighted by molar-refractivity contribution is 0.633. The predicted octanol–water partition coefficient (Wildman–Crippen LogP) is 2.41. The number of hydrogen-bond donors (Lipinski definition) is 0. The van der Waals surface area contributed by atoms with Crippen LogP contribution in [-0.4, -0.2) is 14.3 Å². The van der Waals surface area contributed by atoms with Crippen LogP contribution in [0.1, 0.15) is 36.8 Å². The third-order valence-corrected chi connectivity index (χ3v) is 3.32. The van der Waals surface area contributed by atoms with Crippen molar-refractivity contribution >= 4 is 0 Å². The summed E-state index contributed by atoms with van der Waals surface area (Å²) in [6.45, 7) is 6.39. The lowest BCUT2D eigenvalue weighted by atomic mass is 10.1. The van der Waals surface area contributed by atoms with Crippen LogP contribution < -0.4 is 0 Å². The third kappa shape index (κ3) is 1.47. The van der Waals surface area contributed by atoms with E-state index in [4.69, 9.17) is 5.10 Å². The molecule has 2 aromatic rings. The maximum absolute atomic E-state index is 4.69. The van der Waals surface area contributed by atoms with Crippen LogP contribution in [0.5, 0.6) is 0 Å². The fraction of sp³-hybridized carbons (Fsp3) is 0.462. The van der Waals surface area contributed by atoms with Crippen LogP contribution in [0.15, 0.2) is 24.4 Å². The number of fused-ring (bicyclic) bond motifs is 2. The molecule has 16 heavy (non-hydrogen) atoms. The smallest absolute Gasteiger partial charge is 0.0814 e. The van der Waals surface area contributed by atoms with Crippen LogP contribution in [-0.2, 0) is 19.5 Å². The zero-order valence-corrected chi connectivity index (χ0v) is 9.85. The second-order valence-electron chi connectivity index (χ2n) is 4.82. The number of aromatic nitrogens is 3. The van der Waals surface area contributed by atoms with Gasteiger partial charge in [-0.1, -0.05) is 13.8 Å². The molecule has 3 heteroatoms. The molecule has 0 fully saturated rings. The lowest BCUT2D eigenvalue weighted by Crippen LogP contribution is -2.05. The van der Waals surface area contributed by atoms with Crippen LogP contribution in [0, 0.1) is 0 Å². The Morgan fingerprint density at radius 3 is 3.00 bits per heavy atom. The highest BCUT2D eigenvalue weighted by molar-refractivity contribution is 5.18. The summed E-state index contributed by atoms with van der Waals surface area (Å²) in [5.41, 5.74) is 3.94. The Morgan fingerprint density at radius 1 is 1.31 bits per heavy atom. The van der Waals surface area contributed by atoms with Gasteiger partial charge in [0.2, 0.25) is 0 Å². The second-order valence-corrected chi connectivity index (χ2v) is 4.82. The molecule has 0 aromatic carbocycles. The first kappa shape index (κ1) is 9.70. The largest absolute Gasteiger partial charge is 0.349 e. The summed E-state index contributed by atoms with van der Waals surface area (Å²) in [5.74, 6) is 0.520. The molecule has 3 rings (SSSR count). The monoisotopic (exact) mass is 215 g/mol. The number of rotatable bonds is 1.